The maximum atomic E-state index is 14.4. The minimum Gasteiger partial charge on any atom is -0.478 e. The van der Waals surface area contributed by atoms with Crippen LogP contribution in [0, 0.1) is 12.7 Å². The zero-order valence-corrected chi connectivity index (χ0v) is 14.5. The van der Waals surface area contributed by atoms with Gasteiger partial charge in [-0.3, -0.25) is 4.79 Å². The molecule has 3 rings (SSSR count). The molecule has 1 saturated heterocycles. The molecule has 2 aromatic rings. The van der Waals surface area contributed by atoms with Crippen molar-refractivity contribution >= 4 is 16.7 Å². The van der Waals surface area contributed by atoms with Gasteiger partial charge in [0.15, 0.2) is 0 Å². The fourth-order valence-corrected chi connectivity index (χ4v) is 4.05. The predicted molar refractivity (Wildman–Crippen MR) is 94.8 cm³/mol. The molecular formula is C19H23FN2O3. The highest BCUT2D eigenvalue weighted by atomic mass is 19.1. The highest BCUT2D eigenvalue weighted by molar-refractivity contribution is 6.04. The zero-order chi connectivity index (χ0) is 18.1. The molecule has 1 fully saturated rings. The van der Waals surface area contributed by atoms with Gasteiger partial charge in [-0.1, -0.05) is 25.5 Å². The fraction of sp³-hybridized carbons (Fsp3) is 0.474. The van der Waals surface area contributed by atoms with Gasteiger partial charge in [-0.2, -0.15) is 0 Å². The monoisotopic (exact) mass is 346 g/mol. The van der Waals surface area contributed by atoms with Crippen LogP contribution in [0.1, 0.15) is 54.7 Å². The molecule has 1 aromatic carbocycles. The number of carboxylic acid groups (broad SMARTS) is 1. The third-order valence-electron chi connectivity index (χ3n) is 5.13. The number of fused-ring (bicyclic) bond motifs is 1. The molecular weight excluding hydrogens is 323 g/mol. The Morgan fingerprint density at radius 1 is 1.48 bits per heavy atom. The molecule has 134 valence electrons. The quantitative estimate of drug-likeness (QED) is 0.872. The number of aromatic carboxylic acids is 1. The number of benzene rings is 1. The second-order valence-electron chi connectivity index (χ2n) is 6.66. The summed E-state index contributed by atoms with van der Waals surface area (Å²) >= 11 is 0. The van der Waals surface area contributed by atoms with Crippen LogP contribution in [0.25, 0.3) is 10.8 Å². The summed E-state index contributed by atoms with van der Waals surface area (Å²) < 4.78 is 15.9. The number of nitrogens with zero attached hydrogens (tertiary/aromatic N) is 1. The third kappa shape index (κ3) is 2.95. The summed E-state index contributed by atoms with van der Waals surface area (Å²) in [5, 5.41) is 13.1. The Balaban J connectivity index is 2.35. The standard InChI is InChI=1S/C19H23FN2O3/c1-3-6-15(14-9-5-10-21-14)22-11(2)16(19(24)25)12-7-4-8-13(20)17(12)18(22)23/h4,7-8,14-15,21H,3,5-6,9-10H2,1-2H3,(H,24,25). The van der Waals surface area contributed by atoms with Gasteiger partial charge in [0.05, 0.1) is 17.0 Å². The Hall–Kier alpha value is -2.21. The van der Waals surface area contributed by atoms with Gasteiger partial charge in [0, 0.05) is 17.1 Å². The Kier molecular flexibility index (Phi) is 4.90. The van der Waals surface area contributed by atoms with E-state index in [4.69, 9.17) is 0 Å². The van der Waals surface area contributed by atoms with E-state index in [1.807, 2.05) is 6.92 Å². The largest absolute Gasteiger partial charge is 0.478 e. The number of carbonyl (C=O) groups is 1. The number of nitrogens with one attached hydrogen (secondary N) is 1. The maximum Gasteiger partial charge on any atom is 0.338 e. The third-order valence-corrected chi connectivity index (χ3v) is 5.13. The van der Waals surface area contributed by atoms with Crippen molar-refractivity contribution in [3.05, 3.63) is 45.6 Å². The summed E-state index contributed by atoms with van der Waals surface area (Å²) in [5.74, 6) is -1.81. The van der Waals surface area contributed by atoms with Crippen molar-refractivity contribution in [2.45, 2.75) is 51.6 Å². The van der Waals surface area contributed by atoms with Crippen molar-refractivity contribution in [2.24, 2.45) is 0 Å². The average molecular weight is 346 g/mol. The highest BCUT2D eigenvalue weighted by Crippen LogP contribution is 2.29. The molecule has 25 heavy (non-hydrogen) atoms. The van der Waals surface area contributed by atoms with Crippen LogP contribution >= 0.6 is 0 Å². The smallest absolute Gasteiger partial charge is 0.338 e. The Labute approximate surface area is 145 Å². The summed E-state index contributed by atoms with van der Waals surface area (Å²) in [5.41, 5.74) is -0.0429. The number of halogens is 1. The van der Waals surface area contributed by atoms with E-state index in [0.29, 0.717) is 5.69 Å². The van der Waals surface area contributed by atoms with Gasteiger partial charge in [-0.25, -0.2) is 9.18 Å². The van der Waals surface area contributed by atoms with Gasteiger partial charge in [0.2, 0.25) is 0 Å². The molecule has 0 spiro atoms. The van der Waals surface area contributed by atoms with Crippen LogP contribution in [0.2, 0.25) is 0 Å². The lowest BCUT2D eigenvalue weighted by Gasteiger charge is -2.29. The van der Waals surface area contributed by atoms with E-state index in [0.717, 1.165) is 32.2 Å². The van der Waals surface area contributed by atoms with Crippen molar-refractivity contribution < 1.29 is 14.3 Å². The lowest BCUT2D eigenvalue weighted by Crippen LogP contribution is -2.39. The van der Waals surface area contributed by atoms with E-state index < -0.39 is 17.3 Å². The normalized spacial score (nSPS) is 18.6. The molecule has 2 unspecified atom stereocenters. The summed E-state index contributed by atoms with van der Waals surface area (Å²) in [4.78, 5) is 25.0. The first-order chi connectivity index (χ1) is 12.0. The SMILES string of the molecule is CCCC(C1CCCN1)n1c(C)c(C(=O)O)c2cccc(F)c2c1=O. The van der Waals surface area contributed by atoms with Gasteiger partial charge < -0.3 is 15.0 Å². The molecule has 0 saturated carbocycles. The molecule has 1 aliphatic heterocycles. The van der Waals surface area contributed by atoms with Gasteiger partial charge >= 0.3 is 5.97 Å². The van der Waals surface area contributed by atoms with Gasteiger partial charge in [-0.05, 0) is 38.8 Å². The molecule has 1 aliphatic rings. The number of carboxylic acids is 1. The van der Waals surface area contributed by atoms with Crippen LogP contribution in [0.4, 0.5) is 4.39 Å². The van der Waals surface area contributed by atoms with Gasteiger partial charge in [0.25, 0.3) is 5.56 Å². The second kappa shape index (κ2) is 6.96. The van der Waals surface area contributed by atoms with Gasteiger partial charge in [0.1, 0.15) is 5.82 Å². The first kappa shape index (κ1) is 17.6. The maximum absolute atomic E-state index is 14.4. The lowest BCUT2D eigenvalue weighted by molar-refractivity contribution is 0.0696. The summed E-state index contributed by atoms with van der Waals surface area (Å²) in [6.07, 6.45) is 3.53. The molecule has 2 N–H and O–H groups in total. The van der Waals surface area contributed by atoms with Crippen LogP contribution in [-0.2, 0) is 0 Å². The van der Waals surface area contributed by atoms with Crippen molar-refractivity contribution in [1.82, 2.24) is 9.88 Å². The number of hydrogen-bond acceptors (Lipinski definition) is 3. The Morgan fingerprint density at radius 2 is 2.24 bits per heavy atom. The highest BCUT2D eigenvalue weighted by Gasteiger charge is 2.30. The van der Waals surface area contributed by atoms with E-state index in [9.17, 15) is 19.1 Å². The molecule has 2 heterocycles. The Morgan fingerprint density at radius 3 is 2.84 bits per heavy atom. The minimum absolute atomic E-state index is 0.00759. The molecule has 0 aliphatic carbocycles. The number of hydrogen-bond donors (Lipinski definition) is 2. The summed E-state index contributed by atoms with van der Waals surface area (Å²) in [6.45, 7) is 4.56. The minimum atomic E-state index is -1.14. The average Bonchev–Trinajstić information content (AvgIpc) is 3.07. The van der Waals surface area contributed by atoms with E-state index in [1.165, 1.54) is 22.8 Å². The number of aromatic nitrogens is 1. The van der Waals surface area contributed by atoms with Gasteiger partial charge in [-0.15, -0.1) is 0 Å². The van der Waals surface area contributed by atoms with E-state index in [-0.39, 0.29) is 28.4 Å². The first-order valence-corrected chi connectivity index (χ1v) is 8.77. The van der Waals surface area contributed by atoms with Crippen molar-refractivity contribution in [2.75, 3.05) is 6.54 Å². The molecule has 0 amide bonds. The van der Waals surface area contributed by atoms with Crippen molar-refractivity contribution in [1.29, 1.82) is 0 Å². The molecule has 2 atom stereocenters. The van der Waals surface area contributed by atoms with Crippen LogP contribution in [0.5, 0.6) is 0 Å². The molecule has 0 bridgehead atoms. The van der Waals surface area contributed by atoms with Crippen molar-refractivity contribution in [3.8, 4) is 0 Å². The molecule has 1 aromatic heterocycles. The molecule has 0 radical (unpaired) electrons. The van der Waals surface area contributed by atoms with Crippen molar-refractivity contribution in [3.63, 3.8) is 0 Å². The predicted octanol–water partition coefficient (Wildman–Crippen LogP) is 3.24. The molecule has 6 heteroatoms. The summed E-state index contributed by atoms with van der Waals surface area (Å²) in [7, 11) is 0. The van der Waals surface area contributed by atoms with E-state index in [2.05, 4.69) is 5.32 Å². The number of pyridine rings is 1. The fourth-order valence-electron chi connectivity index (χ4n) is 4.05. The topological polar surface area (TPSA) is 71.3 Å². The van der Waals surface area contributed by atoms with Crippen LogP contribution < -0.4 is 10.9 Å². The zero-order valence-electron chi connectivity index (χ0n) is 14.5. The van der Waals surface area contributed by atoms with E-state index >= 15 is 0 Å². The Bertz CT molecular complexity index is 869. The first-order valence-electron chi connectivity index (χ1n) is 8.77. The van der Waals surface area contributed by atoms with Crippen LogP contribution in [-0.4, -0.2) is 28.2 Å². The van der Waals surface area contributed by atoms with Crippen LogP contribution in [0.15, 0.2) is 23.0 Å². The van der Waals surface area contributed by atoms with E-state index in [1.54, 1.807) is 6.92 Å². The van der Waals surface area contributed by atoms with Crippen LogP contribution in [0.3, 0.4) is 0 Å². The number of rotatable bonds is 5. The molecule has 5 nitrogen and oxygen atoms in total. The summed E-state index contributed by atoms with van der Waals surface area (Å²) in [6, 6.07) is 4.07. The second-order valence-corrected chi connectivity index (χ2v) is 6.66. The lowest BCUT2D eigenvalue weighted by atomic mass is 9.97.